The molecule has 9 nitrogen and oxygen atoms in total. The van der Waals surface area contributed by atoms with E-state index in [2.05, 4.69) is 10.3 Å². The Morgan fingerprint density at radius 2 is 1.86 bits per heavy atom. The number of hydrogen-bond donors (Lipinski definition) is 1. The first-order chi connectivity index (χ1) is 16.7. The Labute approximate surface area is 208 Å². The smallest absolute Gasteiger partial charge is 0.257 e. The van der Waals surface area contributed by atoms with E-state index in [4.69, 9.17) is 14.2 Å². The fourth-order valence-corrected chi connectivity index (χ4v) is 6.25. The molecule has 1 N–H and O–H groups in total. The average molecular weight is 518 g/mol. The van der Waals surface area contributed by atoms with Crippen molar-refractivity contribution in [3.8, 4) is 22.8 Å². The Hall–Kier alpha value is -2.99. The molecule has 1 aliphatic rings. The summed E-state index contributed by atoms with van der Waals surface area (Å²) in [5.74, 6) is 0.823. The zero-order chi connectivity index (χ0) is 25.2. The summed E-state index contributed by atoms with van der Waals surface area (Å²) in [6, 6.07) is 11.4. The highest BCUT2D eigenvalue weighted by atomic mass is 32.2. The second-order valence-corrected chi connectivity index (χ2v) is 11.0. The van der Waals surface area contributed by atoms with Gasteiger partial charge in [-0.1, -0.05) is 6.07 Å². The van der Waals surface area contributed by atoms with Crippen molar-refractivity contribution in [2.75, 3.05) is 32.6 Å². The number of aromatic nitrogens is 1. The first kappa shape index (κ1) is 25.1. The van der Waals surface area contributed by atoms with E-state index in [1.807, 2.05) is 13.8 Å². The number of methoxy groups -OCH3 is 2. The SMILES string of the molecule is COc1ccc(OC)c(-c2csc(NC(=O)c3cccc(S(=O)(=O)N4C[C@H](C)O[C@@H](C)C4)c3)n2)c1. The van der Waals surface area contributed by atoms with Gasteiger partial charge in [-0.3, -0.25) is 10.1 Å². The molecule has 1 aliphatic heterocycles. The number of morpholine rings is 1. The number of sulfonamides is 1. The summed E-state index contributed by atoms with van der Waals surface area (Å²) in [7, 11) is -0.623. The van der Waals surface area contributed by atoms with Crippen molar-refractivity contribution in [1.29, 1.82) is 0 Å². The van der Waals surface area contributed by atoms with Gasteiger partial charge < -0.3 is 14.2 Å². The van der Waals surface area contributed by atoms with Crippen molar-refractivity contribution in [2.24, 2.45) is 0 Å². The summed E-state index contributed by atoms with van der Waals surface area (Å²) >= 11 is 1.25. The quantitative estimate of drug-likeness (QED) is 0.507. The third kappa shape index (κ3) is 5.48. The standard InChI is InChI=1S/C24H27N3O6S2/c1-15-12-27(13-16(2)33-15)35(29,30)19-7-5-6-17(10-19)23(28)26-24-25-21(14-34-24)20-11-18(31-3)8-9-22(20)32-4/h5-11,14-16H,12-13H2,1-4H3,(H,25,26,28)/t15-,16-/m0/s1. The molecule has 186 valence electrons. The van der Waals surface area contributed by atoms with Gasteiger partial charge in [0.15, 0.2) is 5.13 Å². The lowest BCUT2D eigenvalue weighted by molar-refractivity contribution is -0.0440. The topological polar surface area (TPSA) is 107 Å². The monoisotopic (exact) mass is 517 g/mol. The number of hydrogen-bond acceptors (Lipinski definition) is 8. The Morgan fingerprint density at radius 1 is 1.11 bits per heavy atom. The number of benzene rings is 2. The molecule has 11 heteroatoms. The van der Waals surface area contributed by atoms with Crippen LogP contribution in [0.5, 0.6) is 11.5 Å². The van der Waals surface area contributed by atoms with Crippen LogP contribution in [-0.4, -0.2) is 63.1 Å². The van der Waals surface area contributed by atoms with Crippen LogP contribution in [0.15, 0.2) is 52.7 Å². The first-order valence-electron chi connectivity index (χ1n) is 11.0. The summed E-state index contributed by atoms with van der Waals surface area (Å²) in [5, 5.41) is 4.93. The number of nitrogens with zero attached hydrogens (tertiary/aromatic N) is 2. The molecule has 0 saturated carbocycles. The lowest BCUT2D eigenvalue weighted by atomic mass is 10.1. The molecule has 0 unspecified atom stereocenters. The molecule has 0 spiro atoms. The Kier molecular flexibility index (Phi) is 7.41. The van der Waals surface area contributed by atoms with Crippen molar-refractivity contribution in [3.05, 3.63) is 53.4 Å². The number of nitrogens with one attached hydrogen (secondary N) is 1. The predicted molar refractivity (Wildman–Crippen MR) is 134 cm³/mol. The number of rotatable bonds is 7. The normalized spacial score (nSPS) is 18.7. The molecule has 0 radical (unpaired) electrons. The minimum atomic E-state index is -3.77. The molecule has 1 fully saturated rings. The summed E-state index contributed by atoms with van der Waals surface area (Å²) in [6.07, 6.45) is -0.412. The van der Waals surface area contributed by atoms with Crippen LogP contribution in [-0.2, 0) is 14.8 Å². The average Bonchev–Trinajstić information content (AvgIpc) is 3.31. The van der Waals surface area contributed by atoms with Gasteiger partial charge in [-0.2, -0.15) is 4.31 Å². The van der Waals surface area contributed by atoms with Gasteiger partial charge in [-0.15, -0.1) is 11.3 Å². The van der Waals surface area contributed by atoms with Crippen LogP contribution in [0.3, 0.4) is 0 Å². The molecule has 3 aromatic rings. The van der Waals surface area contributed by atoms with Gasteiger partial charge in [-0.05, 0) is 50.2 Å². The second-order valence-electron chi connectivity index (χ2n) is 8.17. The number of amides is 1. The Bertz CT molecular complexity index is 1310. The van der Waals surface area contributed by atoms with Gasteiger partial charge in [0.2, 0.25) is 10.0 Å². The fraction of sp³-hybridized carbons (Fsp3) is 0.333. The molecular formula is C24H27N3O6S2. The Balaban J connectivity index is 1.53. The highest BCUT2D eigenvalue weighted by Crippen LogP contribution is 2.35. The van der Waals surface area contributed by atoms with Gasteiger partial charge in [0.25, 0.3) is 5.91 Å². The maximum Gasteiger partial charge on any atom is 0.257 e. The fourth-order valence-electron chi connectivity index (χ4n) is 3.91. The van der Waals surface area contributed by atoms with Gasteiger partial charge in [-0.25, -0.2) is 13.4 Å². The molecular weight excluding hydrogens is 490 g/mol. The largest absolute Gasteiger partial charge is 0.497 e. The van der Waals surface area contributed by atoms with Crippen LogP contribution < -0.4 is 14.8 Å². The van der Waals surface area contributed by atoms with Crippen LogP contribution in [0, 0.1) is 0 Å². The number of carbonyl (C=O) groups excluding carboxylic acids is 1. The molecule has 4 rings (SSSR count). The van der Waals surface area contributed by atoms with Crippen LogP contribution in [0.25, 0.3) is 11.3 Å². The van der Waals surface area contributed by atoms with E-state index < -0.39 is 15.9 Å². The summed E-state index contributed by atoms with van der Waals surface area (Å²) in [4.78, 5) is 17.5. The Morgan fingerprint density at radius 3 is 2.54 bits per heavy atom. The van der Waals surface area contributed by atoms with E-state index in [1.165, 1.54) is 27.8 Å². The van der Waals surface area contributed by atoms with Crippen LogP contribution in [0.2, 0.25) is 0 Å². The minimum Gasteiger partial charge on any atom is -0.497 e. The third-order valence-electron chi connectivity index (χ3n) is 5.53. The van der Waals surface area contributed by atoms with E-state index in [1.54, 1.807) is 49.9 Å². The number of ether oxygens (including phenoxy) is 3. The van der Waals surface area contributed by atoms with Crippen LogP contribution in [0.1, 0.15) is 24.2 Å². The predicted octanol–water partition coefficient (Wildman–Crippen LogP) is 3.88. The zero-order valence-corrected chi connectivity index (χ0v) is 21.5. The molecule has 35 heavy (non-hydrogen) atoms. The van der Waals surface area contributed by atoms with Crippen molar-refractivity contribution >= 4 is 32.4 Å². The van der Waals surface area contributed by atoms with Crippen LogP contribution >= 0.6 is 11.3 Å². The van der Waals surface area contributed by atoms with Crippen molar-refractivity contribution < 1.29 is 27.4 Å². The highest BCUT2D eigenvalue weighted by Gasteiger charge is 2.32. The van der Waals surface area contributed by atoms with E-state index in [9.17, 15) is 13.2 Å². The highest BCUT2D eigenvalue weighted by molar-refractivity contribution is 7.89. The maximum atomic E-state index is 13.2. The number of carbonyl (C=O) groups is 1. The molecule has 0 bridgehead atoms. The van der Waals surface area contributed by atoms with E-state index in [-0.39, 0.29) is 35.8 Å². The number of thiazole rings is 1. The van der Waals surface area contributed by atoms with Crippen LogP contribution in [0.4, 0.5) is 5.13 Å². The molecule has 1 aromatic heterocycles. The maximum absolute atomic E-state index is 13.2. The van der Waals surface area contributed by atoms with Crippen molar-refractivity contribution in [3.63, 3.8) is 0 Å². The molecule has 2 heterocycles. The zero-order valence-electron chi connectivity index (χ0n) is 19.8. The minimum absolute atomic E-state index is 0.0624. The third-order valence-corrected chi connectivity index (χ3v) is 8.11. The van der Waals surface area contributed by atoms with Gasteiger partial charge in [0.05, 0.1) is 37.0 Å². The van der Waals surface area contributed by atoms with E-state index >= 15 is 0 Å². The second kappa shape index (κ2) is 10.3. The van der Waals surface area contributed by atoms with Crippen molar-refractivity contribution in [2.45, 2.75) is 31.0 Å². The lowest BCUT2D eigenvalue weighted by Gasteiger charge is -2.34. The van der Waals surface area contributed by atoms with Crippen molar-refractivity contribution in [1.82, 2.24) is 9.29 Å². The molecule has 1 saturated heterocycles. The summed E-state index contributed by atoms with van der Waals surface area (Å²) in [6.45, 7) is 4.20. The molecule has 2 atom stereocenters. The van der Waals surface area contributed by atoms with Gasteiger partial charge in [0, 0.05) is 29.6 Å². The van der Waals surface area contributed by atoms with E-state index in [0.29, 0.717) is 22.3 Å². The first-order valence-corrected chi connectivity index (χ1v) is 13.3. The summed E-state index contributed by atoms with van der Waals surface area (Å²) < 4.78 is 44.1. The summed E-state index contributed by atoms with van der Waals surface area (Å²) in [5.41, 5.74) is 1.56. The molecule has 1 amide bonds. The van der Waals surface area contributed by atoms with Gasteiger partial charge >= 0.3 is 0 Å². The molecule has 2 aromatic carbocycles. The van der Waals surface area contributed by atoms with E-state index in [0.717, 1.165) is 5.56 Å². The van der Waals surface area contributed by atoms with Gasteiger partial charge in [0.1, 0.15) is 11.5 Å². The number of anilines is 1. The molecule has 0 aliphatic carbocycles. The lowest BCUT2D eigenvalue weighted by Crippen LogP contribution is -2.48.